The molecule has 2 heterocycles. The van der Waals surface area contributed by atoms with Crippen molar-refractivity contribution < 1.29 is 4.79 Å². The molecule has 2 N–H and O–H groups in total. The van der Waals surface area contributed by atoms with Crippen LogP contribution < -0.4 is 5.73 Å². The zero-order chi connectivity index (χ0) is 24.9. The summed E-state index contributed by atoms with van der Waals surface area (Å²) >= 11 is 5.98. The molecule has 4 nitrogen and oxygen atoms in total. The number of likely N-dealkylation sites (tertiary alicyclic amines) is 1. The standard InChI is InChI=1S/C31H32ClN3O/c32-28-12-8-24(9-13-28)27-10-15-29(34-21-27)14-5-22-3-6-23(7-4-22)26-11-16-30(20-26)35-18-1-2-25(17-19-35)31(33)36/h3-4,6-10,12-13,15,21,25-26,30H,1-2,11,16-20H2,(H2,33,36). The summed E-state index contributed by atoms with van der Waals surface area (Å²) < 4.78 is 0. The summed E-state index contributed by atoms with van der Waals surface area (Å²) in [5.41, 5.74) is 10.8. The van der Waals surface area contributed by atoms with Crippen molar-refractivity contribution >= 4 is 17.5 Å². The summed E-state index contributed by atoms with van der Waals surface area (Å²) in [4.78, 5) is 18.7. The summed E-state index contributed by atoms with van der Waals surface area (Å²) in [6, 6.07) is 21.1. The van der Waals surface area contributed by atoms with E-state index in [9.17, 15) is 4.79 Å². The molecule has 1 saturated heterocycles. The third-order valence-electron chi connectivity index (χ3n) is 7.74. The average Bonchev–Trinajstić information content (AvgIpc) is 3.26. The van der Waals surface area contributed by atoms with Crippen LogP contribution in [0, 0.1) is 17.8 Å². The van der Waals surface area contributed by atoms with Crippen LogP contribution >= 0.6 is 11.6 Å². The summed E-state index contributed by atoms with van der Waals surface area (Å²) in [7, 11) is 0. The fourth-order valence-corrected chi connectivity index (χ4v) is 5.74. The summed E-state index contributed by atoms with van der Waals surface area (Å²) in [6.07, 6.45) is 8.40. The van der Waals surface area contributed by atoms with Gasteiger partial charge in [0.2, 0.25) is 5.91 Å². The molecule has 1 aliphatic carbocycles. The lowest BCUT2D eigenvalue weighted by molar-refractivity contribution is -0.122. The topological polar surface area (TPSA) is 59.2 Å². The molecule has 1 amide bonds. The van der Waals surface area contributed by atoms with Crippen LogP contribution in [0.25, 0.3) is 11.1 Å². The predicted octanol–water partition coefficient (Wildman–Crippen LogP) is 6.03. The molecule has 36 heavy (non-hydrogen) atoms. The van der Waals surface area contributed by atoms with Crippen LogP contribution in [0.1, 0.15) is 61.3 Å². The van der Waals surface area contributed by atoms with Crippen LogP contribution in [0.3, 0.4) is 0 Å². The first-order valence-corrected chi connectivity index (χ1v) is 13.3. The van der Waals surface area contributed by atoms with Gasteiger partial charge in [-0.05, 0) is 105 Å². The molecule has 5 rings (SSSR count). The van der Waals surface area contributed by atoms with Gasteiger partial charge in [-0.1, -0.05) is 47.9 Å². The molecule has 1 aliphatic heterocycles. The molecule has 3 unspecified atom stereocenters. The van der Waals surface area contributed by atoms with E-state index < -0.39 is 0 Å². The maximum absolute atomic E-state index is 11.6. The van der Waals surface area contributed by atoms with Gasteiger partial charge in [-0.3, -0.25) is 4.79 Å². The molecule has 2 aromatic carbocycles. The number of halogens is 1. The van der Waals surface area contributed by atoms with Crippen molar-refractivity contribution in [2.24, 2.45) is 11.7 Å². The Morgan fingerprint density at radius 2 is 1.67 bits per heavy atom. The van der Waals surface area contributed by atoms with E-state index in [-0.39, 0.29) is 11.8 Å². The number of benzene rings is 2. The summed E-state index contributed by atoms with van der Waals surface area (Å²) in [5.74, 6) is 6.95. The average molecular weight is 498 g/mol. The highest BCUT2D eigenvalue weighted by atomic mass is 35.5. The van der Waals surface area contributed by atoms with Crippen LogP contribution in [-0.2, 0) is 4.79 Å². The Labute approximate surface area is 218 Å². The summed E-state index contributed by atoms with van der Waals surface area (Å²) in [5, 5.41) is 0.727. The van der Waals surface area contributed by atoms with Crippen molar-refractivity contribution in [2.75, 3.05) is 13.1 Å². The molecule has 1 saturated carbocycles. The molecule has 0 radical (unpaired) electrons. The van der Waals surface area contributed by atoms with Gasteiger partial charge in [0.05, 0.1) is 0 Å². The first-order chi connectivity index (χ1) is 17.5. The quantitative estimate of drug-likeness (QED) is 0.448. The number of aromatic nitrogens is 1. The molecule has 2 fully saturated rings. The lowest BCUT2D eigenvalue weighted by atomic mass is 9.96. The van der Waals surface area contributed by atoms with Crippen LogP contribution in [-0.4, -0.2) is 34.9 Å². The van der Waals surface area contributed by atoms with Gasteiger partial charge in [0.25, 0.3) is 0 Å². The van der Waals surface area contributed by atoms with Crippen molar-refractivity contribution in [3.63, 3.8) is 0 Å². The predicted molar refractivity (Wildman–Crippen MR) is 146 cm³/mol. The highest BCUT2D eigenvalue weighted by molar-refractivity contribution is 6.30. The maximum atomic E-state index is 11.6. The van der Waals surface area contributed by atoms with E-state index in [1.807, 2.05) is 42.6 Å². The first kappa shape index (κ1) is 24.6. The minimum Gasteiger partial charge on any atom is -0.369 e. The van der Waals surface area contributed by atoms with Crippen molar-refractivity contribution in [3.8, 4) is 23.0 Å². The number of hydrogen-bond donors (Lipinski definition) is 1. The first-order valence-electron chi connectivity index (χ1n) is 12.9. The van der Waals surface area contributed by atoms with Crippen molar-refractivity contribution in [1.82, 2.24) is 9.88 Å². The monoisotopic (exact) mass is 497 g/mol. The molecule has 0 spiro atoms. The molecule has 0 bridgehead atoms. The van der Waals surface area contributed by atoms with Gasteiger partial charge in [-0.2, -0.15) is 0 Å². The fourth-order valence-electron chi connectivity index (χ4n) is 5.62. The molecular formula is C31H32ClN3O. The minimum absolute atomic E-state index is 0.0532. The third-order valence-corrected chi connectivity index (χ3v) is 8.00. The Bertz CT molecular complexity index is 1240. The molecule has 2 aliphatic rings. The van der Waals surface area contributed by atoms with Gasteiger partial charge in [0, 0.05) is 34.3 Å². The van der Waals surface area contributed by atoms with E-state index in [0.717, 1.165) is 59.8 Å². The highest BCUT2D eigenvalue weighted by Gasteiger charge is 2.32. The second-order valence-corrected chi connectivity index (χ2v) is 10.5. The Kier molecular flexibility index (Phi) is 7.70. The van der Waals surface area contributed by atoms with Crippen LogP contribution in [0.4, 0.5) is 0 Å². The number of nitrogens with two attached hydrogens (primary N) is 1. The van der Waals surface area contributed by atoms with E-state index in [2.05, 4.69) is 46.0 Å². The second-order valence-electron chi connectivity index (χ2n) is 10.0. The van der Waals surface area contributed by atoms with Gasteiger partial charge >= 0.3 is 0 Å². The lowest BCUT2D eigenvalue weighted by Crippen LogP contribution is -2.34. The van der Waals surface area contributed by atoms with Crippen LogP contribution in [0.15, 0.2) is 66.9 Å². The number of pyridine rings is 1. The number of carbonyl (C=O) groups excluding carboxylic acids is 1. The highest BCUT2D eigenvalue weighted by Crippen LogP contribution is 2.38. The van der Waals surface area contributed by atoms with E-state index in [0.29, 0.717) is 12.0 Å². The number of amides is 1. The number of carbonyl (C=O) groups is 1. The van der Waals surface area contributed by atoms with E-state index >= 15 is 0 Å². The van der Waals surface area contributed by atoms with E-state index in [1.54, 1.807) is 0 Å². The van der Waals surface area contributed by atoms with Crippen LogP contribution in [0.5, 0.6) is 0 Å². The Morgan fingerprint density at radius 1 is 0.889 bits per heavy atom. The van der Waals surface area contributed by atoms with E-state index in [4.69, 9.17) is 17.3 Å². The maximum Gasteiger partial charge on any atom is 0.220 e. The van der Waals surface area contributed by atoms with Gasteiger partial charge in [-0.25, -0.2) is 4.98 Å². The second kappa shape index (κ2) is 11.3. The van der Waals surface area contributed by atoms with Crippen molar-refractivity contribution in [3.05, 3.63) is 88.7 Å². The molecule has 3 aromatic rings. The van der Waals surface area contributed by atoms with Gasteiger partial charge in [-0.15, -0.1) is 0 Å². The number of rotatable bonds is 4. The zero-order valence-corrected chi connectivity index (χ0v) is 21.3. The molecular weight excluding hydrogens is 466 g/mol. The molecule has 184 valence electrons. The number of hydrogen-bond acceptors (Lipinski definition) is 3. The minimum atomic E-state index is -0.130. The van der Waals surface area contributed by atoms with Crippen molar-refractivity contribution in [2.45, 2.75) is 50.5 Å². The van der Waals surface area contributed by atoms with Crippen LogP contribution in [0.2, 0.25) is 5.02 Å². The Morgan fingerprint density at radius 3 is 2.39 bits per heavy atom. The zero-order valence-electron chi connectivity index (χ0n) is 20.5. The fraction of sp³-hybridized carbons (Fsp3) is 0.355. The number of nitrogens with zero attached hydrogens (tertiary/aromatic N) is 2. The Balaban J connectivity index is 1.17. The van der Waals surface area contributed by atoms with Gasteiger partial charge in [0.15, 0.2) is 0 Å². The van der Waals surface area contributed by atoms with Gasteiger partial charge < -0.3 is 10.6 Å². The smallest absolute Gasteiger partial charge is 0.220 e. The largest absolute Gasteiger partial charge is 0.369 e. The lowest BCUT2D eigenvalue weighted by Gasteiger charge is -2.27. The van der Waals surface area contributed by atoms with E-state index in [1.165, 1.54) is 24.8 Å². The molecule has 3 atom stereocenters. The molecule has 5 heteroatoms. The third kappa shape index (κ3) is 5.98. The normalized spacial score (nSPS) is 22.4. The summed E-state index contributed by atoms with van der Waals surface area (Å²) in [6.45, 7) is 2.08. The Hall–Kier alpha value is -3.13. The number of primary amides is 1. The van der Waals surface area contributed by atoms with Gasteiger partial charge in [0.1, 0.15) is 5.69 Å². The SMILES string of the molecule is NC(=O)C1CCCN(C2CCC(c3ccc(C#Cc4ccc(-c5ccc(Cl)cc5)cn4)cc3)C2)CC1. The van der Waals surface area contributed by atoms with Crippen molar-refractivity contribution in [1.29, 1.82) is 0 Å². The molecule has 1 aromatic heterocycles.